The first-order valence-corrected chi connectivity index (χ1v) is 9.08. The molecule has 2 unspecified atom stereocenters. The molecule has 0 N–H and O–H groups in total. The summed E-state index contributed by atoms with van der Waals surface area (Å²) in [5.41, 5.74) is 2.57. The molecule has 2 atom stereocenters. The van der Waals surface area contributed by atoms with Crippen LogP contribution in [0.5, 0.6) is 5.75 Å². The number of rotatable bonds is 6. The topological polar surface area (TPSA) is 29.5 Å². The number of carbonyl (C=O) groups is 1. The molecule has 25 heavy (non-hydrogen) atoms. The van der Waals surface area contributed by atoms with Gasteiger partial charge in [0, 0.05) is 18.5 Å². The zero-order valence-electron chi connectivity index (χ0n) is 15.2. The third kappa shape index (κ3) is 4.49. The van der Waals surface area contributed by atoms with Gasteiger partial charge in [0.25, 0.3) is 0 Å². The Morgan fingerprint density at radius 3 is 2.44 bits per heavy atom. The number of likely N-dealkylation sites (tertiary alicyclic amines) is 1. The molecular formula is C22H27NO2. The molecule has 0 spiro atoms. The van der Waals surface area contributed by atoms with Crippen molar-refractivity contribution in [2.75, 3.05) is 13.7 Å². The molecule has 1 aliphatic heterocycles. The maximum Gasteiger partial charge on any atom is 0.134 e. The van der Waals surface area contributed by atoms with Crippen LogP contribution >= 0.6 is 0 Å². The van der Waals surface area contributed by atoms with E-state index in [-0.39, 0.29) is 12.0 Å². The monoisotopic (exact) mass is 337 g/mol. The van der Waals surface area contributed by atoms with Crippen LogP contribution in [0.25, 0.3) is 0 Å². The lowest BCUT2D eigenvalue weighted by molar-refractivity contribution is -0.124. The van der Waals surface area contributed by atoms with E-state index in [4.69, 9.17) is 4.74 Å². The van der Waals surface area contributed by atoms with Crippen LogP contribution in [0, 0.1) is 5.92 Å². The molecule has 1 fully saturated rings. The quantitative estimate of drug-likeness (QED) is 0.794. The lowest BCUT2D eigenvalue weighted by Gasteiger charge is -2.40. The van der Waals surface area contributed by atoms with Crippen molar-refractivity contribution < 1.29 is 9.53 Å². The van der Waals surface area contributed by atoms with E-state index in [1.165, 1.54) is 11.1 Å². The predicted octanol–water partition coefficient (Wildman–Crippen LogP) is 4.11. The van der Waals surface area contributed by atoms with Gasteiger partial charge in [-0.2, -0.15) is 0 Å². The van der Waals surface area contributed by atoms with Crippen molar-refractivity contribution in [3.8, 4) is 5.75 Å². The van der Waals surface area contributed by atoms with Gasteiger partial charge in [0.1, 0.15) is 11.5 Å². The SMILES string of the molecule is COc1ccc(CC2C(C(C)=O)CCCN2Cc2ccccc2)cc1. The third-order valence-corrected chi connectivity index (χ3v) is 5.25. The number of hydrogen-bond donors (Lipinski definition) is 0. The van der Waals surface area contributed by atoms with Crippen LogP contribution in [0.4, 0.5) is 0 Å². The summed E-state index contributed by atoms with van der Waals surface area (Å²) in [5.74, 6) is 1.31. The number of nitrogens with zero attached hydrogens (tertiary/aromatic N) is 1. The van der Waals surface area contributed by atoms with Gasteiger partial charge in [0.05, 0.1) is 7.11 Å². The summed E-state index contributed by atoms with van der Waals surface area (Å²) in [6.07, 6.45) is 3.00. The second kappa shape index (κ2) is 8.30. The molecule has 1 aliphatic rings. The number of piperidine rings is 1. The Morgan fingerprint density at radius 2 is 1.80 bits per heavy atom. The van der Waals surface area contributed by atoms with Crippen molar-refractivity contribution >= 4 is 5.78 Å². The highest BCUT2D eigenvalue weighted by Crippen LogP contribution is 2.29. The minimum atomic E-state index is 0.125. The smallest absolute Gasteiger partial charge is 0.134 e. The second-order valence-electron chi connectivity index (χ2n) is 6.93. The van der Waals surface area contributed by atoms with E-state index in [1.807, 2.05) is 18.2 Å². The summed E-state index contributed by atoms with van der Waals surface area (Å²) in [6.45, 7) is 3.71. The van der Waals surface area contributed by atoms with Gasteiger partial charge in [-0.3, -0.25) is 9.69 Å². The van der Waals surface area contributed by atoms with Crippen molar-refractivity contribution in [1.29, 1.82) is 0 Å². The fourth-order valence-corrected chi connectivity index (χ4v) is 3.89. The Kier molecular flexibility index (Phi) is 5.87. The number of ether oxygens (including phenoxy) is 1. The number of benzene rings is 2. The van der Waals surface area contributed by atoms with Crippen LogP contribution in [0.2, 0.25) is 0 Å². The number of ketones is 1. The minimum absolute atomic E-state index is 0.125. The first-order valence-electron chi connectivity index (χ1n) is 9.08. The molecule has 3 nitrogen and oxygen atoms in total. The molecule has 0 aromatic heterocycles. The van der Waals surface area contributed by atoms with Gasteiger partial charge in [0.2, 0.25) is 0 Å². The molecule has 2 aromatic rings. The van der Waals surface area contributed by atoms with Crippen LogP contribution in [-0.2, 0) is 17.8 Å². The van der Waals surface area contributed by atoms with E-state index in [1.54, 1.807) is 14.0 Å². The van der Waals surface area contributed by atoms with Crippen LogP contribution in [-0.4, -0.2) is 30.4 Å². The van der Waals surface area contributed by atoms with Crippen LogP contribution in [0.15, 0.2) is 54.6 Å². The van der Waals surface area contributed by atoms with Crippen molar-refractivity contribution in [3.05, 3.63) is 65.7 Å². The fourth-order valence-electron chi connectivity index (χ4n) is 3.89. The van der Waals surface area contributed by atoms with Gasteiger partial charge in [-0.1, -0.05) is 42.5 Å². The molecule has 1 heterocycles. The Labute approximate surface area is 150 Å². The molecule has 2 aromatic carbocycles. The minimum Gasteiger partial charge on any atom is -0.497 e. The van der Waals surface area contributed by atoms with Crippen LogP contribution in [0.1, 0.15) is 30.9 Å². The molecule has 3 heteroatoms. The summed E-state index contributed by atoms with van der Waals surface area (Å²) >= 11 is 0. The van der Waals surface area contributed by atoms with Crippen LogP contribution < -0.4 is 4.74 Å². The molecule has 3 rings (SSSR count). The summed E-state index contributed by atoms with van der Waals surface area (Å²) in [4.78, 5) is 14.7. The van der Waals surface area contributed by atoms with Gasteiger partial charge in [0.15, 0.2) is 0 Å². The predicted molar refractivity (Wildman–Crippen MR) is 101 cm³/mol. The summed E-state index contributed by atoms with van der Waals surface area (Å²) in [5, 5.41) is 0. The number of hydrogen-bond acceptors (Lipinski definition) is 3. The van der Waals surface area contributed by atoms with Gasteiger partial charge >= 0.3 is 0 Å². The normalized spacial score (nSPS) is 21.0. The van der Waals surface area contributed by atoms with Crippen molar-refractivity contribution in [2.24, 2.45) is 5.92 Å². The third-order valence-electron chi connectivity index (χ3n) is 5.25. The van der Waals surface area contributed by atoms with Gasteiger partial charge in [-0.25, -0.2) is 0 Å². The lowest BCUT2D eigenvalue weighted by atomic mass is 9.82. The molecule has 0 radical (unpaired) electrons. The summed E-state index contributed by atoms with van der Waals surface area (Å²) < 4.78 is 5.25. The average molecular weight is 337 g/mol. The highest BCUT2D eigenvalue weighted by atomic mass is 16.5. The number of methoxy groups -OCH3 is 1. The van der Waals surface area contributed by atoms with Gasteiger partial charge in [-0.05, 0) is 56.0 Å². The van der Waals surface area contributed by atoms with E-state index >= 15 is 0 Å². The Morgan fingerprint density at radius 1 is 1.08 bits per heavy atom. The molecule has 0 aliphatic carbocycles. The van der Waals surface area contributed by atoms with E-state index in [2.05, 4.69) is 41.3 Å². The highest BCUT2D eigenvalue weighted by molar-refractivity contribution is 5.79. The number of carbonyl (C=O) groups excluding carboxylic acids is 1. The standard InChI is InChI=1S/C22H27NO2/c1-17(24)21-9-6-14-23(16-19-7-4-3-5-8-19)22(21)15-18-10-12-20(25-2)13-11-18/h3-5,7-8,10-13,21-22H,6,9,14-16H2,1-2H3. The molecule has 132 valence electrons. The Hall–Kier alpha value is -2.13. The summed E-state index contributed by atoms with van der Waals surface area (Å²) in [7, 11) is 1.68. The molecule has 0 amide bonds. The van der Waals surface area contributed by atoms with Crippen molar-refractivity contribution in [1.82, 2.24) is 4.90 Å². The second-order valence-corrected chi connectivity index (χ2v) is 6.93. The van der Waals surface area contributed by atoms with E-state index in [0.29, 0.717) is 5.78 Å². The fraction of sp³-hybridized carbons (Fsp3) is 0.409. The Balaban J connectivity index is 1.80. The Bertz CT molecular complexity index is 681. The zero-order valence-corrected chi connectivity index (χ0v) is 15.2. The summed E-state index contributed by atoms with van der Waals surface area (Å²) in [6, 6.07) is 19.1. The van der Waals surface area contributed by atoms with E-state index < -0.39 is 0 Å². The molecular weight excluding hydrogens is 310 g/mol. The molecule has 1 saturated heterocycles. The van der Waals surface area contributed by atoms with E-state index in [0.717, 1.165) is 38.1 Å². The lowest BCUT2D eigenvalue weighted by Crippen LogP contribution is -2.48. The highest BCUT2D eigenvalue weighted by Gasteiger charge is 2.34. The molecule has 0 bridgehead atoms. The van der Waals surface area contributed by atoms with E-state index in [9.17, 15) is 4.79 Å². The maximum absolute atomic E-state index is 12.3. The first-order chi connectivity index (χ1) is 12.2. The van der Waals surface area contributed by atoms with Crippen molar-refractivity contribution in [2.45, 2.75) is 38.8 Å². The largest absolute Gasteiger partial charge is 0.497 e. The maximum atomic E-state index is 12.3. The van der Waals surface area contributed by atoms with Crippen LogP contribution in [0.3, 0.4) is 0 Å². The van der Waals surface area contributed by atoms with Crippen molar-refractivity contribution in [3.63, 3.8) is 0 Å². The van der Waals surface area contributed by atoms with Gasteiger partial charge < -0.3 is 4.74 Å². The average Bonchev–Trinajstić information content (AvgIpc) is 2.64. The molecule has 0 saturated carbocycles. The number of Topliss-reactive ketones (excluding diaryl/α,β-unsaturated/α-hetero) is 1. The zero-order chi connectivity index (χ0) is 17.6. The first kappa shape index (κ1) is 17.7. The van der Waals surface area contributed by atoms with Gasteiger partial charge in [-0.15, -0.1) is 0 Å².